The molecule has 0 aliphatic carbocycles. The highest BCUT2D eigenvalue weighted by molar-refractivity contribution is 7.12. The van der Waals surface area contributed by atoms with Crippen molar-refractivity contribution in [2.24, 2.45) is 5.92 Å². The van der Waals surface area contributed by atoms with Gasteiger partial charge in [-0.25, -0.2) is 9.59 Å². The van der Waals surface area contributed by atoms with E-state index in [4.69, 9.17) is 9.47 Å². The van der Waals surface area contributed by atoms with Gasteiger partial charge < -0.3 is 25.0 Å². The second kappa shape index (κ2) is 11.2. The monoisotopic (exact) mass is 497 g/mol. The molecule has 0 bridgehead atoms. The maximum atomic E-state index is 12.8. The number of urea groups is 1. The average molecular weight is 498 g/mol. The van der Waals surface area contributed by atoms with E-state index in [9.17, 15) is 19.2 Å². The molecule has 1 atom stereocenters. The second-order valence-corrected chi connectivity index (χ2v) is 9.15. The van der Waals surface area contributed by atoms with Gasteiger partial charge >= 0.3 is 18.0 Å². The maximum absolute atomic E-state index is 12.8. The van der Waals surface area contributed by atoms with Crippen LogP contribution in [0.15, 0.2) is 59.1 Å². The fourth-order valence-electron chi connectivity index (χ4n) is 4.21. The number of esters is 2. The number of benzene rings is 1. The van der Waals surface area contributed by atoms with Crippen LogP contribution in [-0.2, 0) is 19.1 Å². The minimum atomic E-state index is -0.732. The lowest BCUT2D eigenvalue weighted by Gasteiger charge is -2.31. The van der Waals surface area contributed by atoms with Crippen LogP contribution in [0, 0.1) is 5.92 Å². The second-order valence-electron chi connectivity index (χ2n) is 8.21. The summed E-state index contributed by atoms with van der Waals surface area (Å²) in [6.07, 6.45) is 0.973. The molecule has 1 aromatic carbocycles. The highest BCUT2D eigenvalue weighted by Crippen LogP contribution is 2.28. The average Bonchev–Trinajstić information content (AvgIpc) is 3.42. The summed E-state index contributed by atoms with van der Waals surface area (Å²) in [5, 5.41) is 7.21. The number of ether oxygens (including phenoxy) is 2. The molecule has 35 heavy (non-hydrogen) atoms. The summed E-state index contributed by atoms with van der Waals surface area (Å²) >= 11 is 1.39. The summed E-state index contributed by atoms with van der Waals surface area (Å²) in [4.78, 5) is 52.9. The quantitative estimate of drug-likeness (QED) is 0.569. The van der Waals surface area contributed by atoms with Crippen LogP contribution >= 0.6 is 11.3 Å². The molecule has 0 unspecified atom stereocenters. The van der Waals surface area contributed by atoms with Crippen LogP contribution in [0.4, 0.5) is 4.79 Å². The number of carbonyl (C=O) groups excluding carboxylic acids is 4. The van der Waals surface area contributed by atoms with Crippen LogP contribution in [0.3, 0.4) is 0 Å². The van der Waals surface area contributed by atoms with E-state index in [0.29, 0.717) is 36.4 Å². The topological polar surface area (TPSA) is 114 Å². The lowest BCUT2D eigenvalue weighted by molar-refractivity contribution is -0.149. The van der Waals surface area contributed by atoms with E-state index in [2.05, 4.69) is 10.6 Å². The molecule has 4 rings (SSSR count). The van der Waals surface area contributed by atoms with Crippen LogP contribution in [-0.4, -0.2) is 55.1 Å². The molecule has 1 fully saturated rings. The number of hydrogen-bond acceptors (Lipinski definition) is 7. The summed E-state index contributed by atoms with van der Waals surface area (Å²) in [5.41, 5.74) is 1.10. The first-order chi connectivity index (χ1) is 17.0. The predicted octanol–water partition coefficient (Wildman–Crippen LogP) is 3.01. The smallest absolute Gasteiger partial charge is 0.338 e. The van der Waals surface area contributed by atoms with Crippen molar-refractivity contribution in [1.82, 2.24) is 15.5 Å². The van der Waals surface area contributed by atoms with Crippen molar-refractivity contribution in [2.75, 3.05) is 26.3 Å². The van der Waals surface area contributed by atoms with Gasteiger partial charge in [0.25, 0.3) is 5.91 Å². The van der Waals surface area contributed by atoms with Gasteiger partial charge in [-0.1, -0.05) is 36.4 Å². The Morgan fingerprint density at radius 1 is 1.06 bits per heavy atom. The van der Waals surface area contributed by atoms with Crippen LogP contribution in [0.1, 0.15) is 41.0 Å². The zero-order chi connectivity index (χ0) is 24.8. The van der Waals surface area contributed by atoms with E-state index in [1.165, 1.54) is 11.3 Å². The lowest BCUT2D eigenvalue weighted by atomic mass is 9.95. The molecule has 1 aromatic heterocycles. The Kier molecular flexibility index (Phi) is 7.81. The van der Waals surface area contributed by atoms with E-state index >= 15 is 0 Å². The van der Waals surface area contributed by atoms with Crippen LogP contribution < -0.4 is 10.6 Å². The van der Waals surface area contributed by atoms with Crippen LogP contribution in [0.2, 0.25) is 0 Å². The molecule has 3 heterocycles. The van der Waals surface area contributed by atoms with Crippen molar-refractivity contribution in [3.05, 3.63) is 69.6 Å². The third kappa shape index (κ3) is 5.71. The zero-order valence-corrected chi connectivity index (χ0v) is 20.1. The number of thiophene rings is 1. The minimum Gasteiger partial charge on any atom is -0.463 e. The third-order valence-electron chi connectivity index (χ3n) is 5.99. The molecular formula is C25H27N3O6S. The summed E-state index contributed by atoms with van der Waals surface area (Å²) in [6, 6.07) is 11.4. The minimum absolute atomic E-state index is 0.0274. The normalized spacial score (nSPS) is 18.5. The van der Waals surface area contributed by atoms with Crippen molar-refractivity contribution in [3.63, 3.8) is 0 Å². The molecule has 1 saturated heterocycles. The first-order valence-corrected chi connectivity index (χ1v) is 12.4. The van der Waals surface area contributed by atoms with Crippen LogP contribution in [0.25, 0.3) is 0 Å². The number of nitrogens with one attached hydrogen (secondary N) is 2. The Morgan fingerprint density at radius 2 is 1.80 bits per heavy atom. The summed E-state index contributed by atoms with van der Waals surface area (Å²) in [7, 11) is 0. The molecule has 2 aromatic rings. The Labute approximate surface area is 207 Å². The molecule has 184 valence electrons. The largest absolute Gasteiger partial charge is 0.463 e. The first kappa shape index (κ1) is 24.5. The van der Waals surface area contributed by atoms with E-state index in [-0.39, 0.29) is 36.3 Å². The number of likely N-dealkylation sites (tertiary alicyclic amines) is 1. The molecule has 10 heteroatoms. The fraction of sp³-hybridized carbons (Fsp3) is 0.360. The molecule has 0 spiro atoms. The molecule has 2 aliphatic rings. The number of nitrogens with zero attached hydrogens (tertiary/aromatic N) is 1. The molecule has 3 amide bonds. The third-order valence-corrected chi connectivity index (χ3v) is 6.85. The number of amides is 3. The number of carbonyl (C=O) groups is 4. The van der Waals surface area contributed by atoms with E-state index < -0.39 is 24.0 Å². The Hall–Kier alpha value is -3.66. The van der Waals surface area contributed by atoms with Gasteiger partial charge in [0.15, 0.2) is 0 Å². The molecule has 2 N–H and O–H groups in total. The summed E-state index contributed by atoms with van der Waals surface area (Å²) in [5.74, 6) is -1.41. The first-order valence-electron chi connectivity index (χ1n) is 11.5. The molecule has 0 saturated carbocycles. The molecule has 9 nitrogen and oxygen atoms in total. The van der Waals surface area contributed by atoms with Crippen molar-refractivity contribution in [2.45, 2.75) is 25.8 Å². The Bertz CT molecular complexity index is 1110. The number of hydrogen-bond donors (Lipinski definition) is 2. The Balaban J connectivity index is 1.43. The van der Waals surface area contributed by atoms with Gasteiger partial charge in [0.05, 0.1) is 34.7 Å². The van der Waals surface area contributed by atoms with Crippen molar-refractivity contribution in [1.29, 1.82) is 0 Å². The van der Waals surface area contributed by atoms with E-state index in [1.807, 2.05) is 29.6 Å². The molecular weight excluding hydrogens is 470 g/mol. The van der Waals surface area contributed by atoms with Crippen molar-refractivity contribution in [3.8, 4) is 0 Å². The lowest BCUT2D eigenvalue weighted by Crippen LogP contribution is -2.47. The predicted molar refractivity (Wildman–Crippen MR) is 128 cm³/mol. The summed E-state index contributed by atoms with van der Waals surface area (Å²) in [6.45, 7) is 2.51. The number of piperidine rings is 1. The van der Waals surface area contributed by atoms with Gasteiger partial charge in [-0.15, -0.1) is 11.3 Å². The van der Waals surface area contributed by atoms with Crippen molar-refractivity contribution >= 4 is 35.2 Å². The fourth-order valence-corrected chi connectivity index (χ4v) is 4.90. The summed E-state index contributed by atoms with van der Waals surface area (Å²) < 4.78 is 10.8. The van der Waals surface area contributed by atoms with Gasteiger partial charge in [0.1, 0.15) is 6.61 Å². The van der Waals surface area contributed by atoms with Gasteiger partial charge in [0, 0.05) is 13.1 Å². The van der Waals surface area contributed by atoms with Gasteiger partial charge in [-0.05, 0) is 36.8 Å². The van der Waals surface area contributed by atoms with E-state index in [0.717, 1.165) is 0 Å². The SMILES string of the molecule is CCOC(=O)C1=C(COC(=O)C2CCN(C(=O)c3cccs3)CC2)NC(=O)N[C@@H]1c1ccccc1. The molecule has 0 radical (unpaired) electrons. The highest BCUT2D eigenvalue weighted by Gasteiger charge is 2.35. The van der Waals surface area contributed by atoms with E-state index in [1.54, 1.807) is 30.0 Å². The van der Waals surface area contributed by atoms with Crippen LogP contribution in [0.5, 0.6) is 0 Å². The zero-order valence-electron chi connectivity index (χ0n) is 19.3. The highest BCUT2D eigenvalue weighted by atomic mass is 32.1. The van der Waals surface area contributed by atoms with Gasteiger partial charge in [-0.2, -0.15) is 0 Å². The number of rotatable bonds is 7. The van der Waals surface area contributed by atoms with Crippen molar-refractivity contribution < 1.29 is 28.7 Å². The van der Waals surface area contributed by atoms with Gasteiger partial charge in [-0.3, -0.25) is 9.59 Å². The Morgan fingerprint density at radius 3 is 2.46 bits per heavy atom. The van der Waals surface area contributed by atoms with Gasteiger partial charge in [0.2, 0.25) is 0 Å². The molecule has 2 aliphatic heterocycles. The maximum Gasteiger partial charge on any atom is 0.338 e. The standard InChI is InChI=1S/C25H27N3O6S/c1-2-33-24(31)20-18(26-25(32)27-21(20)16-7-4-3-5-8-16)15-34-23(30)17-10-12-28(13-11-17)22(29)19-9-6-14-35-19/h3-9,14,17,21H,2,10-13,15H2,1H3,(H2,26,27,32)/t21-/m1/s1.